The van der Waals surface area contributed by atoms with E-state index in [0.717, 1.165) is 5.56 Å². The second-order valence-electron chi connectivity index (χ2n) is 6.14. The van der Waals surface area contributed by atoms with Crippen molar-refractivity contribution in [1.82, 2.24) is 0 Å². The van der Waals surface area contributed by atoms with Crippen molar-refractivity contribution in [3.63, 3.8) is 0 Å². The molecule has 144 valence electrons. The Morgan fingerprint density at radius 3 is 1.88 bits per heavy atom. The molecule has 0 N–H and O–H groups in total. The Balaban J connectivity index is 3.11. The molecule has 9 heteroatoms. The van der Waals surface area contributed by atoms with Crippen LogP contribution in [-0.4, -0.2) is 26.4 Å². The van der Waals surface area contributed by atoms with Crippen molar-refractivity contribution in [3.8, 4) is 5.75 Å². The van der Waals surface area contributed by atoms with Gasteiger partial charge in [-0.3, -0.25) is 13.6 Å². The molecule has 0 aliphatic heterocycles. The minimum Gasteiger partial charge on any atom is -0.404 e. The van der Waals surface area contributed by atoms with Gasteiger partial charge in [-0.25, -0.2) is 4.57 Å². The summed E-state index contributed by atoms with van der Waals surface area (Å²) >= 11 is 0. The van der Waals surface area contributed by atoms with Crippen molar-refractivity contribution in [3.05, 3.63) is 29.3 Å². The van der Waals surface area contributed by atoms with Gasteiger partial charge in [-0.15, -0.1) is 0 Å². The molecule has 25 heavy (non-hydrogen) atoms. The molecule has 0 unspecified atom stereocenters. The predicted molar refractivity (Wildman–Crippen MR) is 97.2 cm³/mol. The second kappa shape index (κ2) is 9.31. The normalized spacial score (nSPS) is 12.8. The van der Waals surface area contributed by atoms with E-state index in [-0.39, 0.29) is 18.4 Å². The fourth-order valence-corrected chi connectivity index (χ4v) is 4.68. The van der Waals surface area contributed by atoms with Gasteiger partial charge in [0.15, 0.2) is 0 Å². The smallest absolute Gasteiger partial charge is 0.404 e. The van der Waals surface area contributed by atoms with Crippen LogP contribution in [0.3, 0.4) is 0 Å². The lowest BCUT2D eigenvalue weighted by atomic mass is 10.1. The van der Waals surface area contributed by atoms with Gasteiger partial charge >= 0.3 is 15.4 Å². The average Bonchev–Trinajstić information content (AvgIpc) is 2.43. The summed E-state index contributed by atoms with van der Waals surface area (Å²) in [7, 11) is -4.35. The van der Waals surface area contributed by atoms with Gasteiger partial charge in [0.25, 0.3) is 0 Å². The van der Waals surface area contributed by atoms with Gasteiger partial charge < -0.3 is 13.6 Å². The molecule has 1 rings (SSSR count). The summed E-state index contributed by atoms with van der Waals surface area (Å²) in [5.41, 5.74) is 1.51. The molecule has 0 saturated carbocycles. The van der Waals surface area contributed by atoms with E-state index in [0.29, 0.717) is 11.3 Å². The molecular formula is C16H28O7P2. The van der Waals surface area contributed by atoms with Gasteiger partial charge in [0.05, 0.1) is 18.4 Å². The van der Waals surface area contributed by atoms with Crippen LogP contribution >= 0.6 is 15.4 Å². The highest BCUT2D eigenvalue weighted by molar-refractivity contribution is 7.53. The zero-order chi connectivity index (χ0) is 19.3. The fraction of sp³-hybridized carbons (Fsp3) is 0.625. The van der Waals surface area contributed by atoms with Crippen LogP contribution in [0, 0.1) is 6.92 Å². The largest absolute Gasteiger partial charge is 0.530 e. The van der Waals surface area contributed by atoms with Gasteiger partial charge in [-0.2, -0.15) is 0 Å². The standard InChI is InChI=1S/C16H28O7P2/c1-12(2)21-25(18,22-13(3)4)23-16-9-14(5)8-15(10-16)11-24(17,19-6)20-7/h8-10,12-13H,11H2,1-7H3. The topological polar surface area (TPSA) is 80.3 Å². The molecule has 0 atom stereocenters. The van der Waals surface area contributed by atoms with E-state index < -0.39 is 15.4 Å². The summed E-state index contributed by atoms with van der Waals surface area (Å²) in [5, 5.41) is 0. The lowest BCUT2D eigenvalue weighted by Gasteiger charge is -2.22. The van der Waals surface area contributed by atoms with Crippen molar-refractivity contribution in [2.75, 3.05) is 14.2 Å². The van der Waals surface area contributed by atoms with Crippen LogP contribution in [0.1, 0.15) is 38.8 Å². The van der Waals surface area contributed by atoms with Gasteiger partial charge in [0.1, 0.15) is 5.75 Å². The Hall–Kier alpha value is -0.680. The molecule has 1 aromatic carbocycles. The highest BCUT2D eigenvalue weighted by atomic mass is 31.2. The molecule has 0 radical (unpaired) electrons. The number of hydrogen-bond acceptors (Lipinski definition) is 7. The van der Waals surface area contributed by atoms with E-state index >= 15 is 0 Å². The molecule has 0 aromatic heterocycles. The minimum atomic E-state index is -3.79. The van der Waals surface area contributed by atoms with E-state index in [1.165, 1.54) is 14.2 Å². The van der Waals surface area contributed by atoms with Crippen LogP contribution in [0.2, 0.25) is 0 Å². The van der Waals surface area contributed by atoms with Crippen molar-refractivity contribution in [2.45, 2.75) is 53.0 Å². The third-order valence-electron chi connectivity index (χ3n) is 2.94. The molecule has 0 bridgehead atoms. The molecule has 0 heterocycles. The summed E-state index contributed by atoms with van der Waals surface area (Å²) < 4.78 is 51.4. The summed E-state index contributed by atoms with van der Waals surface area (Å²) in [5.74, 6) is 0.304. The summed E-state index contributed by atoms with van der Waals surface area (Å²) in [6, 6.07) is 5.15. The van der Waals surface area contributed by atoms with Crippen molar-refractivity contribution in [2.24, 2.45) is 0 Å². The SMILES string of the molecule is COP(=O)(Cc1cc(C)cc(OP(=O)(OC(C)C)OC(C)C)c1)OC. The van der Waals surface area contributed by atoms with E-state index in [4.69, 9.17) is 22.6 Å². The van der Waals surface area contributed by atoms with Crippen LogP contribution in [0.4, 0.5) is 0 Å². The molecule has 0 aliphatic carbocycles. The number of benzene rings is 1. The first-order valence-electron chi connectivity index (χ1n) is 7.98. The Kier molecular flexibility index (Phi) is 8.33. The first-order valence-corrected chi connectivity index (χ1v) is 11.2. The van der Waals surface area contributed by atoms with Crippen molar-refractivity contribution < 1.29 is 31.7 Å². The van der Waals surface area contributed by atoms with Gasteiger partial charge in [-0.1, -0.05) is 6.07 Å². The summed E-state index contributed by atoms with van der Waals surface area (Å²) in [6.07, 6.45) is -0.606. The maximum absolute atomic E-state index is 12.9. The zero-order valence-corrected chi connectivity index (χ0v) is 17.6. The Morgan fingerprint density at radius 2 is 1.44 bits per heavy atom. The first-order chi connectivity index (χ1) is 11.5. The molecule has 0 fully saturated rings. The average molecular weight is 394 g/mol. The maximum Gasteiger partial charge on any atom is 0.530 e. The van der Waals surface area contributed by atoms with Crippen molar-refractivity contribution in [1.29, 1.82) is 0 Å². The van der Waals surface area contributed by atoms with Crippen LogP contribution in [0.15, 0.2) is 18.2 Å². The van der Waals surface area contributed by atoms with E-state index in [1.54, 1.807) is 39.8 Å². The number of phosphoric ester groups is 1. The molecule has 0 amide bonds. The van der Waals surface area contributed by atoms with Gasteiger partial charge in [-0.05, 0) is 57.9 Å². The maximum atomic E-state index is 12.9. The third-order valence-corrected chi connectivity index (χ3v) is 6.60. The summed E-state index contributed by atoms with van der Waals surface area (Å²) in [4.78, 5) is 0. The molecule has 7 nitrogen and oxygen atoms in total. The highest BCUT2D eigenvalue weighted by Crippen LogP contribution is 2.53. The van der Waals surface area contributed by atoms with Crippen LogP contribution in [0.5, 0.6) is 5.75 Å². The Labute approximate surface area is 150 Å². The Morgan fingerprint density at radius 1 is 0.920 bits per heavy atom. The Bertz CT molecular complexity index is 636. The van der Waals surface area contributed by atoms with E-state index in [1.807, 2.05) is 13.0 Å². The number of hydrogen-bond donors (Lipinski definition) is 0. The predicted octanol–water partition coefficient (Wildman–Crippen LogP) is 5.32. The lowest BCUT2D eigenvalue weighted by molar-refractivity contribution is 0.103. The van der Waals surface area contributed by atoms with Gasteiger partial charge in [0.2, 0.25) is 0 Å². The molecular weight excluding hydrogens is 366 g/mol. The number of phosphoric acid groups is 1. The van der Waals surface area contributed by atoms with Crippen molar-refractivity contribution >= 4 is 15.4 Å². The lowest BCUT2D eigenvalue weighted by Crippen LogP contribution is -2.11. The first kappa shape index (κ1) is 22.4. The zero-order valence-electron chi connectivity index (χ0n) is 15.8. The van der Waals surface area contributed by atoms with Gasteiger partial charge in [0, 0.05) is 14.2 Å². The van der Waals surface area contributed by atoms with E-state index in [2.05, 4.69) is 0 Å². The fourth-order valence-electron chi connectivity index (χ4n) is 2.11. The number of aryl methyl sites for hydroxylation is 1. The van der Waals surface area contributed by atoms with E-state index in [9.17, 15) is 9.13 Å². The van der Waals surface area contributed by atoms with Crippen LogP contribution < -0.4 is 4.52 Å². The molecule has 0 aliphatic rings. The highest BCUT2D eigenvalue weighted by Gasteiger charge is 2.32. The second-order valence-corrected chi connectivity index (χ2v) is 9.90. The number of rotatable bonds is 10. The van der Waals surface area contributed by atoms with Crippen LogP contribution in [-0.2, 0) is 33.4 Å². The van der Waals surface area contributed by atoms with Crippen LogP contribution in [0.25, 0.3) is 0 Å². The third kappa shape index (κ3) is 7.61. The quantitative estimate of drug-likeness (QED) is 0.497. The molecule has 0 spiro atoms. The molecule has 0 saturated heterocycles. The summed E-state index contributed by atoms with van der Waals surface area (Å²) in [6.45, 7) is 8.83. The molecule has 1 aromatic rings. The minimum absolute atomic E-state index is 0.0679. The monoisotopic (exact) mass is 394 g/mol.